The average Bonchev–Trinajstić information content (AvgIpc) is 3.51. The highest BCUT2D eigenvalue weighted by atomic mass is 16.5. The first kappa shape index (κ1) is 31.7. The fourth-order valence-corrected chi connectivity index (χ4v) is 11.8. The van der Waals surface area contributed by atoms with Gasteiger partial charge in [-0.2, -0.15) is 0 Å². The van der Waals surface area contributed by atoms with Crippen LogP contribution in [0.5, 0.6) is 0 Å². The lowest BCUT2D eigenvalue weighted by molar-refractivity contribution is -0.249. The van der Waals surface area contributed by atoms with Gasteiger partial charge in [-0.05, 0) is 144 Å². The summed E-state index contributed by atoms with van der Waals surface area (Å²) in [6, 6.07) is -0.151. The second-order valence-electron chi connectivity index (χ2n) is 17.4. The van der Waals surface area contributed by atoms with Gasteiger partial charge in [0, 0.05) is 5.41 Å². The molecule has 0 aromatic rings. The quantitative estimate of drug-likeness (QED) is 0.278. The van der Waals surface area contributed by atoms with Gasteiger partial charge < -0.3 is 25.4 Å². The Kier molecular flexibility index (Phi) is 8.08. The number of fused-ring (bicyclic) bond motifs is 5. The summed E-state index contributed by atoms with van der Waals surface area (Å²) in [5, 5.41) is 37.3. The van der Waals surface area contributed by atoms with Crippen LogP contribution in [0.1, 0.15) is 132 Å². The van der Waals surface area contributed by atoms with Crippen molar-refractivity contribution >= 4 is 5.97 Å². The summed E-state index contributed by atoms with van der Waals surface area (Å²) in [5.74, 6) is 0.926. The lowest BCUT2D eigenvalue weighted by atomic mass is 9.35. The molecule has 6 nitrogen and oxygen atoms in total. The maximum Gasteiger partial charge on any atom is 0.323 e. The largest absolute Gasteiger partial charge is 0.461 e. The van der Waals surface area contributed by atoms with Crippen LogP contribution in [0, 0.1) is 45.3 Å². The first-order valence-electron chi connectivity index (χ1n) is 16.9. The molecule has 236 valence electrons. The van der Waals surface area contributed by atoms with Crippen molar-refractivity contribution in [2.24, 2.45) is 45.3 Å². The zero-order valence-corrected chi connectivity index (χ0v) is 27.4. The zero-order valence-electron chi connectivity index (χ0n) is 27.4. The van der Waals surface area contributed by atoms with E-state index >= 15 is 0 Å². The van der Waals surface area contributed by atoms with Crippen LogP contribution in [0.15, 0.2) is 0 Å². The fourth-order valence-electron chi connectivity index (χ4n) is 11.8. The van der Waals surface area contributed by atoms with Crippen molar-refractivity contribution in [1.82, 2.24) is 5.32 Å². The second-order valence-corrected chi connectivity index (χ2v) is 17.4. The van der Waals surface area contributed by atoms with Crippen LogP contribution in [0.2, 0.25) is 0 Å². The maximum absolute atomic E-state index is 13.0. The van der Waals surface area contributed by atoms with E-state index in [2.05, 4.69) is 39.9 Å². The Morgan fingerprint density at radius 2 is 1.59 bits per heavy atom. The molecule has 0 radical (unpaired) electrons. The minimum Gasteiger partial charge on any atom is -0.461 e. The minimum absolute atomic E-state index is 0.0319. The summed E-state index contributed by atoms with van der Waals surface area (Å²) in [7, 11) is 0. The van der Waals surface area contributed by atoms with Gasteiger partial charge in [0.25, 0.3) is 0 Å². The van der Waals surface area contributed by atoms with E-state index < -0.39 is 17.3 Å². The topological polar surface area (TPSA) is 99.0 Å². The molecular formula is C35H61NO5. The summed E-state index contributed by atoms with van der Waals surface area (Å²) >= 11 is 0. The van der Waals surface area contributed by atoms with Crippen LogP contribution >= 0.6 is 0 Å². The monoisotopic (exact) mass is 575 g/mol. The number of aliphatic hydroxyl groups is 3. The molecule has 0 amide bonds. The second kappa shape index (κ2) is 10.4. The summed E-state index contributed by atoms with van der Waals surface area (Å²) < 4.78 is 6.27. The Bertz CT molecular complexity index is 982. The van der Waals surface area contributed by atoms with Gasteiger partial charge in [-0.15, -0.1) is 0 Å². The molecule has 11 atom stereocenters. The lowest BCUT2D eigenvalue weighted by Gasteiger charge is -2.70. The highest BCUT2D eigenvalue weighted by Gasteiger charge is 2.71. The third-order valence-corrected chi connectivity index (χ3v) is 14.2. The van der Waals surface area contributed by atoms with Crippen LogP contribution in [0.3, 0.4) is 0 Å². The number of ether oxygens (including phenoxy) is 1. The van der Waals surface area contributed by atoms with Crippen molar-refractivity contribution in [3.63, 3.8) is 0 Å². The van der Waals surface area contributed by atoms with Crippen molar-refractivity contribution in [3.8, 4) is 0 Å². The van der Waals surface area contributed by atoms with Gasteiger partial charge in [0.1, 0.15) is 12.1 Å². The van der Waals surface area contributed by atoms with Gasteiger partial charge in [-0.25, -0.2) is 0 Å². The van der Waals surface area contributed by atoms with Crippen molar-refractivity contribution in [2.75, 3.05) is 6.54 Å². The number of rotatable bonds is 7. The molecular weight excluding hydrogens is 514 g/mol. The molecule has 6 heteroatoms. The van der Waals surface area contributed by atoms with Gasteiger partial charge >= 0.3 is 5.97 Å². The van der Waals surface area contributed by atoms with Crippen molar-refractivity contribution < 1.29 is 24.9 Å². The van der Waals surface area contributed by atoms with E-state index in [1.54, 1.807) is 0 Å². The lowest BCUT2D eigenvalue weighted by Crippen LogP contribution is -2.66. The van der Waals surface area contributed by atoms with Gasteiger partial charge in [-0.1, -0.05) is 34.6 Å². The van der Waals surface area contributed by atoms with E-state index in [0.29, 0.717) is 24.7 Å². The van der Waals surface area contributed by atoms with Crippen LogP contribution in [0.25, 0.3) is 0 Å². The molecule has 1 saturated heterocycles. The normalized spacial score (nSPS) is 47.1. The Hall–Kier alpha value is -0.690. The number of hydrogen-bond acceptors (Lipinski definition) is 6. The Labute approximate surface area is 249 Å². The van der Waals surface area contributed by atoms with E-state index in [9.17, 15) is 20.1 Å². The van der Waals surface area contributed by atoms with E-state index in [0.717, 1.165) is 70.8 Å². The number of esters is 1. The van der Waals surface area contributed by atoms with E-state index in [-0.39, 0.29) is 51.6 Å². The van der Waals surface area contributed by atoms with Gasteiger partial charge in [-0.3, -0.25) is 4.79 Å². The highest BCUT2D eigenvalue weighted by Crippen LogP contribution is 2.76. The van der Waals surface area contributed by atoms with Crippen molar-refractivity contribution in [3.05, 3.63) is 0 Å². The summed E-state index contributed by atoms with van der Waals surface area (Å²) in [6.07, 6.45) is 10.5. The number of hydrogen-bond donors (Lipinski definition) is 4. The smallest absolute Gasteiger partial charge is 0.323 e. The minimum atomic E-state index is -0.850. The van der Waals surface area contributed by atoms with Gasteiger partial charge in [0.05, 0.1) is 17.3 Å². The van der Waals surface area contributed by atoms with Crippen LogP contribution in [-0.4, -0.2) is 57.3 Å². The number of nitrogens with one attached hydrogen (secondary N) is 1. The Balaban J connectivity index is 1.36. The molecule has 4 saturated carbocycles. The van der Waals surface area contributed by atoms with Crippen LogP contribution in [0.4, 0.5) is 0 Å². The summed E-state index contributed by atoms with van der Waals surface area (Å²) in [4.78, 5) is 13.0. The zero-order chi connectivity index (χ0) is 30.2. The standard InChI is InChI=1S/C35H61NO5/c1-30(2,39)15-10-16-35(8,40)22-12-18-34(7)28(22)24(37)21-26-32(5)17-14-27(41-29(38)23-11-9-20-36-23)31(3,4)25(32)13-19-33(26,34)6/h22-28,36-37,39-40H,9-21H2,1-8H3/t22?,23-,24+,25?,26?,27-,28?,32-,33+,34+,35+/m0/s1. The first-order valence-corrected chi connectivity index (χ1v) is 16.9. The molecule has 1 heterocycles. The van der Waals surface area contributed by atoms with E-state index in [1.165, 1.54) is 0 Å². The predicted octanol–water partition coefficient (Wildman–Crippen LogP) is 6.00. The SMILES string of the molecule is CC(C)(O)CCC[C@@](C)(O)C1CC[C@]2(C)C1[C@H](O)CC1[C@@]3(C)CC[C@H](OC(=O)[C@@H]4CCCN4)C(C)(C)C3CC[C@]12C. The Morgan fingerprint density at radius 1 is 0.902 bits per heavy atom. The van der Waals surface area contributed by atoms with Crippen LogP contribution in [-0.2, 0) is 9.53 Å². The van der Waals surface area contributed by atoms with E-state index in [4.69, 9.17) is 4.74 Å². The molecule has 0 bridgehead atoms. The summed E-state index contributed by atoms with van der Waals surface area (Å²) in [5.41, 5.74) is -1.56. The van der Waals surface area contributed by atoms with Crippen molar-refractivity contribution in [1.29, 1.82) is 0 Å². The first-order chi connectivity index (χ1) is 18.9. The maximum atomic E-state index is 13.0. The van der Waals surface area contributed by atoms with Gasteiger partial charge in [0.2, 0.25) is 0 Å². The molecule has 1 aliphatic heterocycles. The molecule has 41 heavy (non-hydrogen) atoms. The predicted molar refractivity (Wildman–Crippen MR) is 162 cm³/mol. The number of carbonyl (C=O) groups excluding carboxylic acids is 1. The molecule has 5 aliphatic rings. The molecule has 4 N–H and O–H groups in total. The highest BCUT2D eigenvalue weighted by molar-refractivity contribution is 5.76. The van der Waals surface area contributed by atoms with Crippen molar-refractivity contribution in [2.45, 2.75) is 162 Å². The molecule has 0 aromatic heterocycles. The molecule has 5 fully saturated rings. The third kappa shape index (κ3) is 5.13. The molecule has 4 aliphatic carbocycles. The molecule has 5 rings (SSSR count). The Morgan fingerprint density at radius 3 is 2.22 bits per heavy atom. The number of carbonyl (C=O) groups is 1. The molecule has 0 aromatic carbocycles. The fraction of sp³-hybridized carbons (Fsp3) is 0.971. The molecule has 0 spiro atoms. The number of aliphatic hydroxyl groups excluding tert-OH is 1. The summed E-state index contributed by atoms with van der Waals surface area (Å²) in [6.45, 7) is 18.7. The van der Waals surface area contributed by atoms with E-state index in [1.807, 2.05) is 20.8 Å². The molecule has 4 unspecified atom stereocenters. The third-order valence-electron chi connectivity index (χ3n) is 14.2. The van der Waals surface area contributed by atoms with Gasteiger partial charge in [0.15, 0.2) is 0 Å². The average molecular weight is 576 g/mol. The van der Waals surface area contributed by atoms with Crippen LogP contribution < -0.4 is 5.32 Å².